The number of carbonyl (C=O) groups is 6. The molecular formula is C87H114Cl2N8O8. The number of hydrogen-bond donors (Lipinski definition) is 4. The van der Waals surface area contributed by atoms with Crippen LogP contribution in [-0.4, -0.2) is 59.3 Å². The molecule has 6 amide bonds. The van der Waals surface area contributed by atoms with Gasteiger partial charge in [0.05, 0.1) is 21.4 Å². The first-order chi connectivity index (χ1) is 50.9. The van der Waals surface area contributed by atoms with Crippen LogP contribution in [0.4, 0.5) is 22.7 Å². The number of rotatable bonds is 44. The summed E-state index contributed by atoms with van der Waals surface area (Å²) in [5, 5.41) is 23.9. The molecule has 4 unspecified atom stereocenters. The Labute approximate surface area is 635 Å². The van der Waals surface area contributed by atoms with Crippen LogP contribution in [0.5, 0.6) is 11.5 Å². The summed E-state index contributed by atoms with van der Waals surface area (Å²) < 4.78 is 12.6. The van der Waals surface area contributed by atoms with E-state index in [9.17, 15) is 19.2 Å². The Morgan fingerprint density at radius 2 is 0.752 bits per heavy atom. The SMILES string of the molecule is CCCCCCCCCCCCCCCc1cccc(OC(CC)C(=O)Nc2cccc(C(=O)NC3=NN(c4c(C)cc(C)cc4Cl)C(=O)C3CC3C(=O)N(c4c(C)cc(C)cc4Cl)N=C3NC(=O)c3cccc(NC(=O)C(CC)Oc4cccc(CCCCCCCCCCCCCCC)c4)c3)c2)c1. The predicted molar refractivity (Wildman–Crippen MR) is 429 cm³/mol. The molecule has 16 nitrogen and oxygen atoms in total. The molecule has 6 aromatic carbocycles. The van der Waals surface area contributed by atoms with Gasteiger partial charge in [0.2, 0.25) is 0 Å². The lowest BCUT2D eigenvalue weighted by molar-refractivity contribution is -0.123. The van der Waals surface area contributed by atoms with E-state index >= 15 is 9.59 Å². The van der Waals surface area contributed by atoms with Gasteiger partial charge in [-0.1, -0.05) is 254 Å². The van der Waals surface area contributed by atoms with E-state index < -0.39 is 59.5 Å². The van der Waals surface area contributed by atoms with Gasteiger partial charge in [-0.3, -0.25) is 28.8 Å². The number of unbranched alkanes of at least 4 members (excludes halogenated alkanes) is 24. The number of nitrogens with zero attached hydrogens (tertiary/aromatic N) is 4. The molecular weight excluding hydrogens is 1360 g/mol. The zero-order valence-electron chi connectivity index (χ0n) is 63.6. The zero-order chi connectivity index (χ0) is 75.0. The summed E-state index contributed by atoms with van der Waals surface area (Å²) in [5.41, 5.74) is 6.68. The lowest BCUT2D eigenvalue weighted by Crippen LogP contribution is -2.43. The van der Waals surface area contributed by atoms with E-state index in [1.807, 2.05) is 76.2 Å². The van der Waals surface area contributed by atoms with Gasteiger partial charge < -0.3 is 30.7 Å². The molecule has 2 aliphatic rings. The van der Waals surface area contributed by atoms with E-state index in [4.69, 9.17) is 42.9 Å². The molecule has 0 saturated carbocycles. The third-order valence-corrected chi connectivity index (χ3v) is 20.4. The number of hydrogen-bond acceptors (Lipinski definition) is 10. The Morgan fingerprint density at radius 1 is 0.419 bits per heavy atom. The molecule has 8 rings (SSSR count). The second-order valence-electron chi connectivity index (χ2n) is 28.8. The summed E-state index contributed by atoms with van der Waals surface area (Å²) in [7, 11) is 0. The highest BCUT2D eigenvalue weighted by Gasteiger charge is 2.47. The Kier molecular flexibility index (Phi) is 34.0. The molecule has 2 heterocycles. The molecule has 18 heteroatoms. The van der Waals surface area contributed by atoms with Gasteiger partial charge in [0.1, 0.15) is 35.0 Å². The third kappa shape index (κ3) is 25.4. The van der Waals surface area contributed by atoms with Crippen LogP contribution in [0.15, 0.2) is 132 Å². The average Bonchev–Trinajstić information content (AvgIpc) is 1.71. The van der Waals surface area contributed by atoms with Crippen LogP contribution >= 0.6 is 23.2 Å². The Bertz CT molecular complexity index is 3630. The van der Waals surface area contributed by atoms with E-state index in [0.717, 1.165) is 58.0 Å². The van der Waals surface area contributed by atoms with Crippen molar-refractivity contribution in [1.29, 1.82) is 0 Å². The molecule has 0 bridgehead atoms. The second-order valence-corrected chi connectivity index (χ2v) is 29.6. The van der Waals surface area contributed by atoms with Crippen molar-refractivity contribution in [2.75, 3.05) is 20.7 Å². The molecule has 0 saturated heterocycles. The Balaban J connectivity index is 0.922. The first-order valence-corrected chi connectivity index (χ1v) is 40.0. The maximum Gasteiger partial charge on any atom is 0.265 e. The summed E-state index contributed by atoms with van der Waals surface area (Å²) in [6, 6.07) is 35.7. The first-order valence-electron chi connectivity index (χ1n) is 39.2. The highest BCUT2D eigenvalue weighted by atomic mass is 35.5. The number of amides is 6. The van der Waals surface area contributed by atoms with Crippen molar-refractivity contribution in [2.45, 2.75) is 267 Å². The predicted octanol–water partition coefficient (Wildman–Crippen LogP) is 21.6. The van der Waals surface area contributed by atoms with E-state index in [0.29, 0.717) is 46.8 Å². The minimum Gasteiger partial charge on any atom is -0.481 e. The summed E-state index contributed by atoms with van der Waals surface area (Å²) >= 11 is 13.8. The molecule has 0 aliphatic carbocycles. The highest BCUT2D eigenvalue weighted by molar-refractivity contribution is 6.35. The van der Waals surface area contributed by atoms with Gasteiger partial charge >= 0.3 is 0 Å². The maximum absolute atomic E-state index is 15.2. The smallest absolute Gasteiger partial charge is 0.265 e. The number of aryl methyl sites for hydroxylation is 6. The lowest BCUT2D eigenvalue weighted by Gasteiger charge is -2.21. The van der Waals surface area contributed by atoms with Gasteiger partial charge in [0.25, 0.3) is 35.4 Å². The van der Waals surface area contributed by atoms with Crippen LogP contribution < -0.4 is 40.8 Å². The van der Waals surface area contributed by atoms with Crippen LogP contribution in [-0.2, 0) is 32.0 Å². The van der Waals surface area contributed by atoms with Crippen molar-refractivity contribution < 1.29 is 38.2 Å². The van der Waals surface area contributed by atoms with Gasteiger partial charge in [-0.25, -0.2) is 0 Å². The van der Waals surface area contributed by atoms with Crippen LogP contribution in [0.3, 0.4) is 0 Å². The molecule has 6 aromatic rings. The van der Waals surface area contributed by atoms with Crippen molar-refractivity contribution in [3.63, 3.8) is 0 Å². The number of ether oxygens (including phenoxy) is 2. The summed E-state index contributed by atoms with van der Waals surface area (Å²) in [5.74, 6) is -5.04. The molecule has 0 spiro atoms. The molecule has 2 aliphatic heterocycles. The number of amidine groups is 2. The summed E-state index contributed by atoms with van der Waals surface area (Å²) in [6.45, 7) is 15.6. The van der Waals surface area contributed by atoms with Crippen molar-refractivity contribution in [3.8, 4) is 11.5 Å². The quantitative estimate of drug-likeness (QED) is 0.0271. The van der Waals surface area contributed by atoms with Crippen LogP contribution in [0.2, 0.25) is 10.0 Å². The van der Waals surface area contributed by atoms with Crippen LogP contribution in [0.1, 0.15) is 268 Å². The van der Waals surface area contributed by atoms with Gasteiger partial charge in [0, 0.05) is 22.5 Å². The fourth-order valence-corrected chi connectivity index (χ4v) is 14.9. The summed E-state index contributed by atoms with van der Waals surface area (Å²) in [4.78, 5) is 87.6. The number of benzene rings is 6. The minimum atomic E-state index is -1.33. The normalized spacial score (nSPS) is 14.8. The first kappa shape index (κ1) is 82.3. The fraction of sp³-hybridized carbons (Fsp3) is 0.494. The fourth-order valence-electron chi connectivity index (χ4n) is 14.1. The Morgan fingerprint density at radius 3 is 1.09 bits per heavy atom. The lowest BCUT2D eigenvalue weighted by atomic mass is 9.91. The largest absolute Gasteiger partial charge is 0.481 e. The van der Waals surface area contributed by atoms with Crippen molar-refractivity contribution in [2.24, 2.45) is 22.0 Å². The highest BCUT2D eigenvalue weighted by Crippen LogP contribution is 2.40. The average molecular weight is 1470 g/mol. The molecule has 0 fully saturated rings. The number of hydrazone groups is 2. The summed E-state index contributed by atoms with van der Waals surface area (Å²) in [6.07, 6.45) is 34.2. The van der Waals surface area contributed by atoms with Gasteiger partial charge in [-0.05, 0) is 179 Å². The van der Waals surface area contributed by atoms with Gasteiger partial charge in [-0.2, -0.15) is 20.2 Å². The molecule has 0 radical (unpaired) electrons. The van der Waals surface area contributed by atoms with Gasteiger partial charge in [-0.15, -0.1) is 0 Å². The van der Waals surface area contributed by atoms with Crippen LogP contribution in [0, 0.1) is 39.5 Å². The monoisotopic (exact) mass is 1470 g/mol. The second kappa shape index (κ2) is 43.3. The van der Waals surface area contributed by atoms with E-state index in [1.165, 1.54) is 166 Å². The molecule has 105 heavy (non-hydrogen) atoms. The number of carbonyl (C=O) groups excluding carboxylic acids is 6. The topological polar surface area (TPSA) is 200 Å². The molecule has 4 N–H and O–H groups in total. The third-order valence-electron chi connectivity index (χ3n) is 19.9. The molecule has 564 valence electrons. The number of nitrogens with one attached hydrogen (secondary N) is 4. The van der Waals surface area contributed by atoms with E-state index in [1.54, 1.807) is 62.4 Å². The van der Waals surface area contributed by atoms with Crippen molar-refractivity contribution in [1.82, 2.24) is 10.6 Å². The van der Waals surface area contributed by atoms with E-state index in [2.05, 4.69) is 47.2 Å². The van der Waals surface area contributed by atoms with Crippen molar-refractivity contribution >= 4 is 93.1 Å². The molecule has 0 aromatic heterocycles. The standard InChI is InChI=1S/C87H114Cl2N8O8/c1-9-13-15-17-19-21-23-25-27-29-31-33-35-41-64-43-37-49-70(55-64)104-76(11-3)84(100)90-68-47-39-45-66(57-68)82(98)92-80-72(86(102)96(94-80)78-62(7)51-60(5)53-74(78)88)59-73-81(95-97(87(73)103)79-63(8)52-61(6)54-75(79)89)93-83(99)67-46-40-48-69(58-67)91-85(101)77(12-4)105-71-50-38-44-65(56-71)42-36-34-32-30-28-26-24-22-20-18-16-14-10-2/h37-40,43-58,72-73,76-77H,9-36,41-42,59H2,1-8H3,(H,90,100)(H,91,101)(H,92,94,98)(H,93,95,99). The van der Waals surface area contributed by atoms with Gasteiger partial charge in [0.15, 0.2) is 12.2 Å². The van der Waals surface area contributed by atoms with E-state index in [-0.39, 0.29) is 50.6 Å². The minimum absolute atomic E-state index is 0.108. The zero-order valence-corrected chi connectivity index (χ0v) is 65.1. The maximum atomic E-state index is 15.2. The number of anilines is 4. The van der Waals surface area contributed by atoms with Crippen LogP contribution in [0.25, 0.3) is 0 Å². The molecule has 4 atom stereocenters. The number of halogens is 2. The Hall–Kier alpha value is -8.34. The van der Waals surface area contributed by atoms with Crippen molar-refractivity contribution in [3.05, 3.63) is 176 Å².